The van der Waals surface area contributed by atoms with Gasteiger partial charge in [0.05, 0.1) is 13.0 Å². The lowest BCUT2D eigenvalue weighted by Crippen LogP contribution is -2.44. The van der Waals surface area contributed by atoms with E-state index in [2.05, 4.69) is 0 Å². The number of benzene rings is 1. The van der Waals surface area contributed by atoms with E-state index < -0.39 is 21.8 Å². The minimum Gasteiger partial charge on any atom is -0.495 e. The van der Waals surface area contributed by atoms with Gasteiger partial charge in [-0.3, -0.25) is 4.79 Å². The molecule has 1 saturated heterocycles. The lowest BCUT2D eigenvalue weighted by molar-refractivity contribution is -0.122. The number of piperidine rings is 1. The predicted molar refractivity (Wildman–Crippen MR) is 73.7 cm³/mol. The monoisotopic (exact) mass is 298 g/mol. The van der Waals surface area contributed by atoms with Crippen LogP contribution in [0.3, 0.4) is 0 Å². The minimum atomic E-state index is -3.67. The van der Waals surface area contributed by atoms with Crippen molar-refractivity contribution in [3.63, 3.8) is 0 Å². The van der Waals surface area contributed by atoms with Crippen LogP contribution in [0.15, 0.2) is 29.2 Å². The van der Waals surface area contributed by atoms with Crippen LogP contribution in [0.1, 0.15) is 12.8 Å². The Balaban J connectivity index is 2.32. The molecule has 6 nitrogen and oxygen atoms in total. The largest absolute Gasteiger partial charge is 0.495 e. The highest BCUT2D eigenvalue weighted by molar-refractivity contribution is 7.89. The van der Waals surface area contributed by atoms with Gasteiger partial charge in [-0.05, 0) is 25.0 Å². The normalized spacial score (nSPS) is 20.6. The molecule has 1 amide bonds. The molecule has 110 valence electrons. The number of carbonyl (C=O) groups excluding carboxylic acids is 1. The predicted octanol–water partition coefficient (Wildman–Crippen LogP) is 0.581. The maximum Gasteiger partial charge on any atom is 0.246 e. The van der Waals surface area contributed by atoms with Crippen LogP contribution in [-0.4, -0.2) is 38.8 Å². The summed E-state index contributed by atoms with van der Waals surface area (Å²) >= 11 is 0. The highest BCUT2D eigenvalue weighted by atomic mass is 32.2. The second-order valence-electron chi connectivity index (χ2n) is 4.76. The number of ether oxygens (including phenoxy) is 1. The number of hydrogen-bond acceptors (Lipinski definition) is 4. The fourth-order valence-corrected chi connectivity index (χ4v) is 4.04. The third-order valence-corrected chi connectivity index (χ3v) is 5.38. The number of rotatable bonds is 4. The van der Waals surface area contributed by atoms with Crippen molar-refractivity contribution in [2.24, 2.45) is 11.7 Å². The topological polar surface area (TPSA) is 89.7 Å². The molecule has 0 spiro atoms. The standard InChI is InChI=1S/C13H18N2O4S/c1-19-11-6-2-3-7-12(11)20(17,18)15-8-4-5-10(9-15)13(14)16/h2-3,6-7,10H,4-5,8-9H2,1H3,(H2,14,16)/t10-/m0/s1. The van der Waals surface area contributed by atoms with Crippen LogP contribution in [0.5, 0.6) is 5.75 Å². The molecule has 0 bridgehead atoms. The molecule has 7 heteroatoms. The molecule has 0 saturated carbocycles. The number of primary amides is 1. The van der Waals surface area contributed by atoms with Crippen molar-refractivity contribution in [1.82, 2.24) is 4.31 Å². The third kappa shape index (κ3) is 2.78. The first kappa shape index (κ1) is 14.8. The van der Waals surface area contributed by atoms with E-state index >= 15 is 0 Å². The molecule has 1 aromatic carbocycles. The Morgan fingerprint density at radius 3 is 2.75 bits per heavy atom. The van der Waals surface area contributed by atoms with Gasteiger partial charge in [0.25, 0.3) is 0 Å². The van der Waals surface area contributed by atoms with Crippen LogP contribution >= 0.6 is 0 Å². The number of nitrogens with zero attached hydrogens (tertiary/aromatic N) is 1. The van der Waals surface area contributed by atoms with E-state index in [4.69, 9.17) is 10.5 Å². The van der Waals surface area contributed by atoms with Crippen molar-refractivity contribution in [1.29, 1.82) is 0 Å². The lowest BCUT2D eigenvalue weighted by Gasteiger charge is -2.30. The maximum absolute atomic E-state index is 12.6. The van der Waals surface area contributed by atoms with Gasteiger partial charge in [-0.2, -0.15) is 4.31 Å². The van der Waals surface area contributed by atoms with E-state index in [9.17, 15) is 13.2 Å². The summed E-state index contributed by atoms with van der Waals surface area (Å²) in [6, 6.07) is 6.45. The van der Waals surface area contributed by atoms with Crippen LogP contribution in [0.2, 0.25) is 0 Å². The zero-order valence-corrected chi connectivity index (χ0v) is 12.1. The summed E-state index contributed by atoms with van der Waals surface area (Å²) in [5.41, 5.74) is 5.28. The smallest absolute Gasteiger partial charge is 0.246 e. The van der Waals surface area contributed by atoms with E-state index in [1.807, 2.05) is 0 Å². The van der Waals surface area contributed by atoms with E-state index in [-0.39, 0.29) is 11.4 Å². The van der Waals surface area contributed by atoms with Crippen molar-refractivity contribution in [2.75, 3.05) is 20.2 Å². The number of sulfonamides is 1. The van der Waals surface area contributed by atoms with Crippen molar-refractivity contribution < 1.29 is 17.9 Å². The Morgan fingerprint density at radius 1 is 1.40 bits per heavy atom. The average Bonchev–Trinajstić information content (AvgIpc) is 2.47. The molecular formula is C13H18N2O4S. The highest BCUT2D eigenvalue weighted by Gasteiger charge is 2.33. The van der Waals surface area contributed by atoms with Crippen molar-refractivity contribution in [3.8, 4) is 5.75 Å². The fraction of sp³-hybridized carbons (Fsp3) is 0.462. The molecule has 0 radical (unpaired) electrons. The second kappa shape index (κ2) is 5.80. The summed E-state index contributed by atoms with van der Waals surface area (Å²) in [5, 5.41) is 0. The molecule has 2 N–H and O–H groups in total. The molecule has 1 atom stereocenters. The summed E-state index contributed by atoms with van der Waals surface area (Å²) in [6.07, 6.45) is 1.26. The molecular weight excluding hydrogens is 280 g/mol. The van der Waals surface area contributed by atoms with Gasteiger partial charge in [-0.15, -0.1) is 0 Å². The fourth-order valence-electron chi connectivity index (χ4n) is 2.36. The number of carbonyl (C=O) groups is 1. The van der Waals surface area contributed by atoms with Gasteiger partial charge >= 0.3 is 0 Å². The van der Waals surface area contributed by atoms with Crippen LogP contribution in [-0.2, 0) is 14.8 Å². The zero-order chi connectivity index (χ0) is 14.8. The van der Waals surface area contributed by atoms with Crippen molar-refractivity contribution in [3.05, 3.63) is 24.3 Å². The summed E-state index contributed by atoms with van der Waals surface area (Å²) < 4.78 is 31.7. The SMILES string of the molecule is COc1ccccc1S(=O)(=O)N1CCC[C@H](C(N)=O)C1. The van der Waals surface area contributed by atoms with E-state index in [1.54, 1.807) is 18.2 Å². The first-order valence-corrected chi connectivity index (χ1v) is 7.83. The summed E-state index contributed by atoms with van der Waals surface area (Å²) in [7, 11) is -2.24. The molecule has 20 heavy (non-hydrogen) atoms. The lowest BCUT2D eigenvalue weighted by atomic mass is 9.99. The summed E-state index contributed by atoms with van der Waals surface area (Å²) in [4.78, 5) is 11.4. The van der Waals surface area contributed by atoms with E-state index in [0.29, 0.717) is 25.1 Å². The van der Waals surface area contributed by atoms with Gasteiger partial charge in [0.1, 0.15) is 10.6 Å². The quantitative estimate of drug-likeness (QED) is 0.880. The number of amides is 1. The molecule has 1 heterocycles. The van der Waals surface area contributed by atoms with Gasteiger partial charge in [0.2, 0.25) is 15.9 Å². The Bertz CT molecular complexity index is 600. The molecule has 1 aliphatic rings. The zero-order valence-electron chi connectivity index (χ0n) is 11.3. The maximum atomic E-state index is 12.6. The number of methoxy groups -OCH3 is 1. The number of hydrogen-bond donors (Lipinski definition) is 1. The first-order chi connectivity index (χ1) is 9.46. The molecule has 1 fully saturated rings. The molecule has 1 aliphatic heterocycles. The van der Waals surface area contributed by atoms with Crippen LogP contribution in [0.25, 0.3) is 0 Å². The average molecular weight is 298 g/mol. The first-order valence-electron chi connectivity index (χ1n) is 6.39. The van der Waals surface area contributed by atoms with Crippen molar-refractivity contribution in [2.45, 2.75) is 17.7 Å². The van der Waals surface area contributed by atoms with Crippen LogP contribution in [0, 0.1) is 5.92 Å². The Morgan fingerprint density at radius 2 is 2.10 bits per heavy atom. The number of nitrogens with two attached hydrogens (primary N) is 1. The molecule has 2 rings (SSSR count). The second-order valence-corrected chi connectivity index (χ2v) is 6.66. The van der Waals surface area contributed by atoms with E-state index in [0.717, 1.165) is 0 Å². The van der Waals surface area contributed by atoms with Gasteiger partial charge in [-0.1, -0.05) is 12.1 Å². The Hall–Kier alpha value is -1.60. The number of para-hydroxylation sites is 1. The van der Waals surface area contributed by atoms with E-state index in [1.165, 1.54) is 17.5 Å². The molecule has 0 aliphatic carbocycles. The summed E-state index contributed by atoms with van der Waals surface area (Å²) in [6.45, 7) is 0.528. The highest BCUT2D eigenvalue weighted by Crippen LogP contribution is 2.29. The Kier molecular flexibility index (Phi) is 4.29. The summed E-state index contributed by atoms with van der Waals surface area (Å²) in [5.74, 6) is -0.577. The third-order valence-electron chi connectivity index (χ3n) is 3.47. The van der Waals surface area contributed by atoms with Crippen LogP contribution < -0.4 is 10.5 Å². The van der Waals surface area contributed by atoms with Crippen molar-refractivity contribution >= 4 is 15.9 Å². The van der Waals surface area contributed by atoms with Crippen LogP contribution in [0.4, 0.5) is 0 Å². The molecule has 0 aromatic heterocycles. The van der Waals surface area contributed by atoms with Gasteiger partial charge in [0, 0.05) is 13.1 Å². The van der Waals surface area contributed by atoms with Gasteiger partial charge in [-0.25, -0.2) is 8.42 Å². The Labute approximate surface area is 118 Å². The minimum absolute atomic E-state index is 0.118. The molecule has 1 aromatic rings. The van der Waals surface area contributed by atoms with Gasteiger partial charge in [0.15, 0.2) is 0 Å². The van der Waals surface area contributed by atoms with Gasteiger partial charge < -0.3 is 10.5 Å². The molecule has 0 unspecified atom stereocenters.